The van der Waals surface area contributed by atoms with Gasteiger partial charge in [-0.15, -0.1) is 0 Å². The van der Waals surface area contributed by atoms with Crippen LogP contribution in [0.2, 0.25) is 0 Å². The van der Waals surface area contributed by atoms with Gasteiger partial charge >= 0.3 is 5.97 Å². The largest absolute Gasteiger partial charge is 0.466 e. The van der Waals surface area contributed by atoms with Crippen molar-refractivity contribution < 1.29 is 24.7 Å². The van der Waals surface area contributed by atoms with E-state index in [0.29, 0.717) is 0 Å². The second-order valence-electron chi connectivity index (χ2n) is 3.92. The van der Waals surface area contributed by atoms with Crippen LogP contribution in [0.15, 0.2) is 17.1 Å². The molecule has 0 aliphatic carbocycles. The number of rotatable bonds is 6. The van der Waals surface area contributed by atoms with Crippen LogP contribution in [0.3, 0.4) is 0 Å². The smallest absolute Gasteiger partial charge is 0.308 e. The number of hydrogen-bond donors (Lipinski definition) is 3. The number of hydrogen-bond acceptors (Lipinski definition) is 7. The lowest BCUT2D eigenvalue weighted by atomic mass is 10.0. The summed E-state index contributed by atoms with van der Waals surface area (Å²) in [5.41, 5.74) is -1.62. The van der Waals surface area contributed by atoms with Gasteiger partial charge in [0.15, 0.2) is 0 Å². The number of aliphatic hydroxyl groups is 2. The number of nitrogens with one attached hydrogen (secondary N) is 1. The molecule has 9 nitrogen and oxygen atoms in total. The molecule has 1 aromatic rings. The van der Waals surface area contributed by atoms with Crippen LogP contribution in [-0.2, 0) is 9.53 Å². The molecule has 0 fully saturated rings. The van der Waals surface area contributed by atoms with E-state index in [-0.39, 0.29) is 6.61 Å². The molecule has 1 heterocycles. The van der Waals surface area contributed by atoms with Gasteiger partial charge in [0.2, 0.25) is 0 Å². The van der Waals surface area contributed by atoms with Crippen LogP contribution in [-0.4, -0.2) is 38.8 Å². The van der Waals surface area contributed by atoms with Gasteiger partial charge in [0.1, 0.15) is 6.10 Å². The van der Waals surface area contributed by atoms with E-state index in [1.807, 2.05) is 0 Å². The van der Waals surface area contributed by atoms with Gasteiger partial charge in [-0.1, -0.05) is 0 Å². The summed E-state index contributed by atoms with van der Waals surface area (Å²) in [4.78, 5) is 34.6. The monoisotopic (exact) mass is 286 g/mol. The Labute approximate surface area is 113 Å². The molecule has 0 bridgehead atoms. The molecule has 0 spiro atoms. The number of ether oxygens (including phenoxy) is 1. The molecule has 0 amide bonds. The molecule has 0 aliphatic heterocycles. The maximum Gasteiger partial charge on any atom is 0.308 e. The fourth-order valence-electron chi connectivity index (χ4n) is 1.52. The summed E-state index contributed by atoms with van der Waals surface area (Å²) in [6.07, 6.45) is -2.99. The van der Waals surface area contributed by atoms with Gasteiger partial charge in [-0.3, -0.25) is 19.7 Å². The van der Waals surface area contributed by atoms with Crippen molar-refractivity contribution >= 4 is 11.7 Å². The maximum absolute atomic E-state index is 11.5. The van der Waals surface area contributed by atoms with Crippen LogP contribution in [0, 0.1) is 10.1 Å². The third-order valence-corrected chi connectivity index (χ3v) is 2.49. The quantitative estimate of drug-likeness (QED) is 0.367. The first-order valence-corrected chi connectivity index (χ1v) is 5.75. The van der Waals surface area contributed by atoms with Gasteiger partial charge in [0, 0.05) is 6.07 Å². The summed E-state index contributed by atoms with van der Waals surface area (Å²) in [5.74, 6) is -0.749. The van der Waals surface area contributed by atoms with E-state index in [0.717, 1.165) is 12.3 Å². The lowest BCUT2D eigenvalue weighted by Gasteiger charge is -2.16. The third-order valence-electron chi connectivity index (χ3n) is 2.49. The molecule has 1 rings (SSSR count). The Morgan fingerprint density at radius 1 is 1.55 bits per heavy atom. The van der Waals surface area contributed by atoms with Crippen molar-refractivity contribution in [3.05, 3.63) is 38.3 Å². The SMILES string of the molecule is CCOC(=O)CC(O)C(O)c1cc([N+](=O)[O-])c[nH]c1=O. The topological polar surface area (TPSA) is 143 Å². The zero-order valence-corrected chi connectivity index (χ0v) is 10.6. The molecule has 0 saturated carbocycles. The molecule has 1 aromatic heterocycles. The van der Waals surface area contributed by atoms with Gasteiger partial charge in [0.05, 0.1) is 35.8 Å². The summed E-state index contributed by atoms with van der Waals surface area (Å²) >= 11 is 0. The Kier molecular flexibility index (Phi) is 5.35. The zero-order chi connectivity index (χ0) is 15.3. The van der Waals surface area contributed by atoms with Gasteiger partial charge < -0.3 is 19.9 Å². The van der Waals surface area contributed by atoms with Gasteiger partial charge in [-0.25, -0.2) is 0 Å². The average Bonchev–Trinajstić information content (AvgIpc) is 2.38. The number of carbonyl (C=O) groups is 1. The fraction of sp³-hybridized carbons (Fsp3) is 0.455. The third kappa shape index (κ3) is 3.87. The molecule has 0 aliphatic rings. The standard InChI is InChI=1S/C11H14N2O7/c1-2-20-9(15)4-8(14)10(16)7-3-6(13(18)19)5-12-11(7)17/h3,5,8,10,14,16H,2,4H2,1H3,(H,12,17). The summed E-state index contributed by atoms with van der Waals surface area (Å²) in [6, 6.07) is 0.845. The predicted octanol–water partition coefficient (Wildman–Crippen LogP) is -0.369. The minimum absolute atomic E-state index is 0.110. The minimum Gasteiger partial charge on any atom is -0.466 e. The molecule has 0 radical (unpaired) electrons. The van der Waals surface area contributed by atoms with E-state index in [2.05, 4.69) is 9.72 Å². The minimum atomic E-state index is -1.73. The average molecular weight is 286 g/mol. The highest BCUT2D eigenvalue weighted by Gasteiger charge is 2.26. The van der Waals surface area contributed by atoms with E-state index < -0.39 is 46.3 Å². The lowest BCUT2D eigenvalue weighted by Crippen LogP contribution is -2.28. The molecule has 0 saturated heterocycles. The molecule has 2 unspecified atom stereocenters. The van der Waals surface area contributed by atoms with E-state index in [4.69, 9.17) is 0 Å². The van der Waals surface area contributed by atoms with Crippen molar-refractivity contribution in [2.45, 2.75) is 25.6 Å². The maximum atomic E-state index is 11.5. The number of H-pyrrole nitrogens is 1. The number of aromatic amines is 1. The van der Waals surface area contributed by atoms with Crippen molar-refractivity contribution in [2.24, 2.45) is 0 Å². The highest BCUT2D eigenvalue weighted by Crippen LogP contribution is 2.19. The molecule has 110 valence electrons. The predicted molar refractivity (Wildman–Crippen MR) is 65.9 cm³/mol. The first-order valence-electron chi connectivity index (χ1n) is 5.75. The van der Waals surface area contributed by atoms with Gasteiger partial charge in [-0.2, -0.15) is 0 Å². The second-order valence-corrected chi connectivity index (χ2v) is 3.92. The van der Waals surface area contributed by atoms with Crippen molar-refractivity contribution in [3.63, 3.8) is 0 Å². The van der Waals surface area contributed by atoms with Crippen molar-refractivity contribution in [1.29, 1.82) is 0 Å². The van der Waals surface area contributed by atoms with Gasteiger partial charge in [0.25, 0.3) is 11.2 Å². The van der Waals surface area contributed by atoms with Gasteiger partial charge in [-0.05, 0) is 6.92 Å². The fourth-order valence-corrected chi connectivity index (χ4v) is 1.52. The molecule has 2 atom stereocenters. The number of aliphatic hydroxyl groups excluding tert-OH is 2. The summed E-state index contributed by atoms with van der Waals surface area (Å²) < 4.78 is 4.59. The Balaban J connectivity index is 2.93. The zero-order valence-electron chi connectivity index (χ0n) is 10.6. The molecule has 20 heavy (non-hydrogen) atoms. The van der Waals surface area contributed by atoms with E-state index >= 15 is 0 Å². The van der Waals surface area contributed by atoms with Crippen LogP contribution in [0.5, 0.6) is 0 Å². The molecular formula is C11H14N2O7. The van der Waals surface area contributed by atoms with Crippen LogP contribution in [0.4, 0.5) is 5.69 Å². The molecule has 3 N–H and O–H groups in total. The summed E-state index contributed by atoms with van der Waals surface area (Å²) in [7, 11) is 0. The van der Waals surface area contributed by atoms with Crippen LogP contribution in [0.1, 0.15) is 25.0 Å². The first kappa shape index (κ1) is 15.8. The Morgan fingerprint density at radius 3 is 2.75 bits per heavy atom. The number of nitrogens with zero attached hydrogens (tertiary/aromatic N) is 1. The van der Waals surface area contributed by atoms with Crippen molar-refractivity contribution in [2.75, 3.05) is 6.61 Å². The van der Waals surface area contributed by atoms with Crippen molar-refractivity contribution in [3.8, 4) is 0 Å². The molecular weight excluding hydrogens is 272 g/mol. The molecule has 9 heteroatoms. The number of aromatic nitrogens is 1. The lowest BCUT2D eigenvalue weighted by molar-refractivity contribution is -0.385. The van der Waals surface area contributed by atoms with E-state index in [1.165, 1.54) is 0 Å². The number of esters is 1. The van der Waals surface area contributed by atoms with Crippen LogP contribution in [0.25, 0.3) is 0 Å². The van der Waals surface area contributed by atoms with Crippen LogP contribution < -0.4 is 5.56 Å². The van der Waals surface area contributed by atoms with Crippen molar-refractivity contribution in [1.82, 2.24) is 4.98 Å². The highest BCUT2D eigenvalue weighted by molar-refractivity contribution is 5.70. The van der Waals surface area contributed by atoms with E-state index in [1.54, 1.807) is 6.92 Å². The Morgan fingerprint density at radius 2 is 2.20 bits per heavy atom. The van der Waals surface area contributed by atoms with E-state index in [9.17, 15) is 29.9 Å². The first-order chi connectivity index (χ1) is 9.36. The number of nitro groups is 1. The highest BCUT2D eigenvalue weighted by atomic mass is 16.6. The number of pyridine rings is 1. The Bertz CT molecular complexity index is 554. The second kappa shape index (κ2) is 6.78. The Hall–Kier alpha value is -2.26. The normalized spacial score (nSPS) is 13.6. The summed E-state index contributed by atoms with van der Waals surface area (Å²) in [6.45, 7) is 1.69. The number of carbonyl (C=O) groups excluding carboxylic acids is 1. The molecule has 0 aromatic carbocycles. The van der Waals surface area contributed by atoms with Crippen LogP contribution >= 0.6 is 0 Å². The summed E-state index contributed by atoms with van der Waals surface area (Å²) in [5, 5.41) is 30.0.